The molecule has 0 amide bonds. The highest BCUT2D eigenvalue weighted by Gasteiger charge is 2.24. The molecule has 0 saturated heterocycles. The van der Waals surface area contributed by atoms with E-state index in [1.165, 1.54) is 31.7 Å². The molecule has 0 bridgehead atoms. The summed E-state index contributed by atoms with van der Waals surface area (Å²) in [6.07, 6.45) is 5.34. The van der Waals surface area contributed by atoms with Crippen LogP contribution in [0.25, 0.3) is 16.2 Å². The lowest BCUT2D eigenvalue weighted by molar-refractivity contribution is 0.451. The number of rotatable bonds is 2. The maximum atomic E-state index is 4.62. The Bertz CT molecular complexity index is 790. The summed E-state index contributed by atoms with van der Waals surface area (Å²) in [5, 5.41) is 1.37. The maximum Gasteiger partial charge on any atom is 0.0675 e. The van der Waals surface area contributed by atoms with Crippen molar-refractivity contribution < 1.29 is 0 Å². The number of aliphatic imine (C=N–C) groups is 1. The summed E-state index contributed by atoms with van der Waals surface area (Å²) in [5.74, 6) is 0. The SMILES string of the molecule is CN(C)CC1=C2Cc3sc4ccccc4c3C=C2N=C1. The quantitative estimate of drug-likeness (QED) is 0.818. The first-order valence-corrected chi connectivity index (χ1v) is 7.67. The number of fused-ring (bicyclic) bond motifs is 4. The number of thiophene rings is 1. The van der Waals surface area contributed by atoms with Crippen LogP contribution in [0.3, 0.4) is 0 Å². The van der Waals surface area contributed by atoms with Gasteiger partial charge in [0, 0.05) is 34.1 Å². The summed E-state index contributed by atoms with van der Waals surface area (Å²) >= 11 is 1.92. The van der Waals surface area contributed by atoms with Gasteiger partial charge >= 0.3 is 0 Å². The van der Waals surface area contributed by atoms with Crippen LogP contribution in [0.15, 0.2) is 46.1 Å². The standard InChI is InChI=1S/C17H16N2S/c1-19(2)10-11-9-18-15-7-14-12-5-3-4-6-16(12)20-17(14)8-13(11)15/h3-7,9H,8,10H2,1-2H3. The first-order valence-electron chi connectivity index (χ1n) is 6.85. The van der Waals surface area contributed by atoms with Gasteiger partial charge in [0.1, 0.15) is 0 Å². The Hall–Kier alpha value is -1.71. The molecule has 0 atom stereocenters. The third-order valence-electron chi connectivity index (χ3n) is 3.87. The lowest BCUT2D eigenvalue weighted by Crippen LogP contribution is -2.16. The molecule has 2 aliphatic rings. The highest BCUT2D eigenvalue weighted by molar-refractivity contribution is 7.19. The van der Waals surface area contributed by atoms with Crippen LogP contribution in [0.2, 0.25) is 0 Å². The summed E-state index contributed by atoms with van der Waals surface area (Å²) in [7, 11) is 4.22. The van der Waals surface area contributed by atoms with E-state index in [9.17, 15) is 0 Å². The topological polar surface area (TPSA) is 15.6 Å². The van der Waals surface area contributed by atoms with E-state index in [2.05, 4.69) is 54.3 Å². The average Bonchev–Trinajstić information content (AvgIpc) is 2.97. The number of hydrogen-bond acceptors (Lipinski definition) is 3. The minimum Gasteiger partial charge on any atom is -0.305 e. The van der Waals surface area contributed by atoms with E-state index >= 15 is 0 Å². The molecule has 2 heterocycles. The van der Waals surface area contributed by atoms with Gasteiger partial charge in [0.05, 0.1) is 5.70 Å². The Morgan fingerprint density at radius 2 is 2.10 bits per heavy atom. The van der Waals surface area contributed by atoms with Gasteiger partial charge in [-0.05, 0) is 42.9 Å². The van der Waals surface area contributed by atoms with Gasteiger partial charge in [-0.2, -0.15) is 0 Å². The second-order valence-electron chi connectivity index (χ2n) is 5.64. The zero-order chi connectivity index (χ0) is 13.7. The molecule has 1 aliphatic heterocycles. The van der Waals surface area contributed by atoms with Crippen LogP contribution in [0.5, 0.6) is 0 Å². The molecule has 20 heavy (non-hydrogen) atoms. The minimum absolute atomic E-state index is 0.969. The van der Waals surface area contributed by atoms with Crippen molar-refractivity contribution in [1.29, 1.82) is 0 Å². The van der Waals surface area contributed by atoms with Gasteiger partial charge in [0.15, 0.2) is 0 Å². The minimum atomic E-state index is 0.969. The Balaban J connectivity index is 1.86. The molecule has 4 rings (SSSR count). The van der Waals surface area contributed by atoms with Crippen molar-refractivity contribution in [2.75, 3.05) is 20.6 Å². The average molecular weight is 280 g/mol. The molecular weight excluding hydrogens is 264 g/mol. The number of benzene rings is 1. The van der Waals surface area contributed by atoms with E-state index in [-0.39, 0.29) is 0 Å². The highest BCUT2D eigenvalue weighted by Crippen LogP contribution is 2.41. The number of nitrogens with zero attached hydrogens (tertiary/aromatic N) is 2. The number of hydrogen-bond donors (Lipinski definition) is 0. The number of likely N-dealkylation sites (N-methyl/N-ethyl adjacent to an activating group) is 1. The molecule has 0 saturated carbocycles. The third kappa shape index (κ3) is 1.78. The third-order valence-corrected chi connectivity index (χ3v) is 5.06. The lowest BCUT2D eigenvalue weighted by Gasteiger charge is -2.15. The van der Waals surface area contributed by atoms with Crippen LogP contribution in [-0.2, 0) is 6.42 Å². The normalized spacial score (nSPS) is 16.9. The second-order valence-corrected chi connectivity index (χ2v) is 6.78. The van der Waals surface area contributed by atoms with Crippen LogP contribution >= 0.6 is 11.3 Å². The maximum absolute atomic E-state index is 4.62. The summed E-state index contributed by atoms with van der Waals surface area (Å²) in [6, 6.07) is 8.67. The van der Waals surface area contributed by atoms with Crippen molar-refractivity contribution in [3.8, 4) is 0 Å². The van der Waals surface area contributed by atoms with Gasteiger partial charge in [-0.25, -0.2) is 0 Å². The molecule has 1 aliphatic carbocycles. The fourth-order valence-corrected chi connectivity index (χ4v) is 4.17. The molecule has 1 aromatic heterocycles. The Labute approximate surface area is 122 Å². The molecule has 2 nitrogen and oxygen atoms in total. The van der Waals surface area contributed by atoms with Crippen molar-refractivity contribution >= 4 is 33.7 Å². The van der Waals surface area contributed by atoms with Crippen molar-refractivity contribution in [2.45, 2.75) is 6.42 Å². The second kappa shape index (κ2) is 4.40. The van der Waals surface area contributed by atoms with Crippen LogP contribution in [0.1, 0.15) is 10.4 Å². The highest BCUT2D eigenvalue weighted by atomic mass is 32.1. The van der Waals surface area contributed by atoms with Crippen molar-refractivity contribution in [2.24, 2.45) is 4.99 Å². The molecule has 0 N–H and O–H groups in total. The summed E-state index contributed by atoms with van der Waals surface area (Å²) in [4.78, 5) is 8.30. The van der Waals surface area contributed by atoms with Gasteiger partial charge in [-0.3, -0.25) is 4.99 Å². The van der Waals surface area contributed by atoms with Crippen molar-refractivity contribution in [1.82, 2.24) is 4.90 Å². The molecule has 0 fully saturated rings. The molecule has 0 unspecified atom stereocenters. The van der Waals surface area contributed by atoms with E-state index in [1.54, 1.807) is 0 Å². The van der Waals surface area contributed by atoms with E-state index in [1.807, 2.05) is 17.6 Å². The molecule has 3 heteroatoms. The number of allylic oxidation sites excluding steroid dienone is 1. The first kappa shape index (κ1) is 12.1. The summed E-state index contributed by atoms with van der Waals surface area (Å²) in [6.45, 7) is 0.969. The first-order chi connectivity index (χ1) is 9.72. The predicted octanol–water partition coefficient (Wildman–Crippen LogP) is 3.74. The van der Waals surface area contributed by atoms with Gasteiger partial charge < -0.3 is 4.90 Å². The largest absolute Gasteiger partial charge is 0.305 e. The summed E-state index contributed by atoms with van der Waals surface area (Å²) < 4.78 is 1.38. The Morgan fingerprint density at radius 1 is 1.25 bits per heavy atom. The molecule has 0 radical (unpaired) electrons. The summed E-state index contributed by atoms with van der Waals surface area (Å²) in [5.41, 5.74) is 5.33. The van der Waals surface area contributed by atoms with E-state index in [0.29, 0.717) is 0 Å². The molecule has 2 aromatic rings. The zero-order valence-corrected chi connectivity index (χ0v) is 12.5. The smallest absolute Gasteiger partial charge is 0.0675 e. The van der Waals surface area contributed by atoms with E-state index < -0.39 is 0 Å². The van der Waals surface area contributed by atoms with Gasteiger partial charge in [-0.15, -0.1) is 11.3 Å². The fourth-order valence-electron chi connectivity index (χ4n) is 2.98. The predicted molar refractivity (Wildman–Crippen MR) is 87.6 cm³/mol. The van der Waals surface area contributed by atoms with Crippen LogP contribution in [0.4, 0.5) is 0 Å². The van der Waals surface area contributed by atoms with Crippen molar-refractivity contribution in [3.63, 3.8) is 0 Å². The van der Waals surface area contributed by atoms with Gasteiger partial charge in [0.2, 0.25) is 0 Å². The van der Waals surface area contributed by atoms with Gasteiger partial charge in [0.25, 0.3) is 0 Å². The van der Waals surface area contributed by atoms with Crippen LogP contribution < -0.4 is 0 Å². The Kier molecular flexibility index (Phi) is 2.65. The molecule has 100 valence electrons. The van der Waals surface area contributed by atoms with Crippen LogP contribution in [0, 0.1) is 0 Å². The zero-order valence-electron chi connectivity index (χ0n) is 11.7. The van der Waals surface area contributed by atoms with Crippen molar-refractivity contribution in [3.05, 3.63) is 51.5 Å². The van der Waals surface area contributed by atoms with E-state index in [0.717, 1.165) is 18.7 Å². The lowest BCUT2D eigenvalue weighted by atomic mass is 9.94. The molecule has 1 aromatic carbocycles. The molecular formula is C17H16N2S. The monoisotopic (exact) mass is 280 g/mol. The van der Waals surface area contributed by atoms with E-state index in [4.69, 9.17) is 0 Å². The van der Waals surface area contributed by atoms with Crippen LogP contribution in [-0.4, -0.2) is 31.8 Å². The fraction of sp³-hybridized carbons (Fsp3) is 0.235. The Morgan fingerprint density at radius 3 is 2.95 bits per heavy atom. The van der Waals surface area contributed by atoms with Gasteiger partial charge in [-0.1, -0.05) is 18.2 Å². The molecule has 0 spiro atoms.